The van der Waals surface area contributed by atoms with Crippen LogP contribution >= 0.6 is 45.7 Å². The van der Waals surface area contributed by atoms with E-state index in [0.717, 1.165) is 8.47 Å². The summed E-state index contributed by atoms with van der Waals surface area (Å²) in [5, 5.41) is 0.887. The molecule has 34 heavy (non-hydrogen) atoms. The van der Waals surface area contributed by atoms with Gasteiger partial charge in [-0.05, 0) is 40.8 Å². The standard InChI is InChI=1S/C19H17IN2O8S4/c1-29-14-6-13-17(7-15(14)30-2)32-19(22(13)10-34(26,27)28)8-18-21(9-33(23,24)25)12-5-11(20)3-4-16(12)31-18/h3-8H,9-10H2,1-2H3,(H-,23,24,25,26,27,28)/p+1. The number of anilines is 1. The summed E-state index contributed by atoms with van der Waals surface area (Å²) in [4.78, 5) is 2.22. The number of rotatable bonds is 7. The molecule has 0 unspecified atom stereocenters. The Kier molecular flexibility index (Phi) is 7.07. The Labute approximate surface area is 217 Å². The molecule has 182 valence electrons. The SMILES string of the molecule is COc1cc2sc(C=C3Sc4ccc(I)cc4N3CS(=O)(=O)O)[n+](CS(=O)(=O)O)c2cc1OC. The maximum absolute atomic E-state index is 11.8. The Bertz CT molecular complexity index is 1530. The van der Waals surface area contributed by atoms with Gasteiger partial charge in [0.05, 0.1) is 37.1 Å². The summed E-state index contributed by atoms with van der Waals surface area (Å²) in [6, 6.07) is 8.80. The van der Waals surface area contributed by atoms with Crippen molar-refractivity contribution >= 4 is 87.9 Å². The number of thioether (sulfide) groups is 1. The highest BCUT2D eigenvalue weighted by molar-refractivity contribution is 14.1. The molecular formula is C19H18IN2O8S4+. The minimum absolute atomic E-state index is 0.376. The normalized spacial score (nSPS) is 15.2. The molecular weight excluding hydrogens is 639 g/mol. The zero-order valence-electron chi connectivity index (χ0n) is 17.6. The summed E-state index contributed by atoms with van der Waals surface area (Å²) in [7, 11) is -5.86. The van der Waals surface area contributed by atoms with Crippen LogP contribution in [-0.4, -0.2) is 46.0 Å². The number of methoxy groups -OCH3 is 2. The van der Waals surface area contributed by atoms with Crippen LogP contribution in [0.1, 0.15) is 5.01 Å². The zero-order valence-corrected chi connectivity index (χ0v) is 23.1. The summed E-state index contributed by atoms with van der Waals surface area (Å²) < 4.78 is 79.8. The van der Waals surface area contributed by atoms with E-state index in [1.807, 2.05) is 12.1 Å². The first kappa shape index (κ1) is 25.5. The average Bonchev–Trinajstić information content (AvgIpc) is 3.22. The summed E-state index contributed by atoms with van der Waals surface area (Å²) >= 11 is 4.61. The average molecular weight is 658 g/mol. The van der Waals surface area contributed by atoms with E-state index in [-0.39, 0.29) is 0 Å². The summed E-state index contributed by atoms with van der Waals surface area (Å²) in [5.41, 5.74) is 1.08. The third-order valence-corrected chi connectivity index (χ3v) is 8.81. The number of hydrogen-bond donors (Lipinski definition) is 2. The second-order valence-corrected chi connectivity index (χ2v) is 13.3. The van der Waals surface area contributed by atoms with Gasteiger partial charge in [-0.2, -0.15) is 21.4 Å². The molecule has 0 fully saturated rings. The number of ether oxygens (including phenoxy) is 2. The number of benzene rings is 2. The number of thiazole rings is 1. The lowest BCUT2D eigenvalue weighted by molar-refractivity contribution is -0.649. The van der Waals surface area contributed by atoms with Crippen LogP contribution in [0.25, 0.3) is 16.3 Å². The van der Waals surface area contributed by atoms with E-state index < -0.39 is 32.0 Å². The molecule has 0 atom stereocenters. The van der Waals surface area contributed by atoms with E-state index in [4.69, 9.17) is 9.47 Å². The molecule has 0 saturated carbocycles. The summed E-state index contributed by atoms with van der Waals surface area (Å²) in [6.07, 6.45) is 1.62. The highest BCUT2D eigenvalue weighted by Crippen LogP contribution is 2.47. The van der Waals surface area contributed by atoms with Gasteiger partial charge in [0.15, 0.2) is 17.4 Å². The van der Waals surface area contributed by atoms with Crippen molar-refractivity contribution in [1.82, 2.24) is 0 Å². The van der Waals surface area contributed by atoms with Crippen molar-refractivity contribution in [2.45, 2.75) is 10.8 Å². The van der Waals surface area contributed by atoms with Crippen LogP contribution in [0, 0.1) is 3.57 Å². The monoisotopic (exact) mass is 657 g/mol. The third-order valence-electron chi connectivity index (χ3n) is 4.76. The highest BCUT2D eigenvalue weighted by Gasteiger charge is 2.32. The molecule has 1 aliphatic heterocycles. The van der Waals surface area contributed by atoms with E-state index in [1.54, 1.807) is 24.3 Å². The number of nitrogens with zero attached hydrogens (tertiary/aromatic N) is 2. The van der Waals surface area contributed by atoms with E-state index in [2.05, 4.69) is 22.6 Å². The van der Waals surface area contributed by atoms with Gasteiger partial charge in [-0.3, -0.25) is 9.11 Å². The first-order valence-corrected chi connectivity index (χ1v) is 15.3. The van der Waals surface area contributed by atoms with Gasteiger partial charge in [0.2, 0.25) is 5.52 Å². The largest absolute Gasteiger partial charge is 0.493 e. The van der Waals surface area contributed by atoms with Crippen molar-refractivity contribution in [2.75, 3.05) is 25.0 Å². The zero-order chi connectivity index (χ0) is 24.8. The van der Waals surface area contributed by atoms with Gasteiger partial charge in [-0.25, -0.2) is 0 Å². The van der Waals surface area contributed by atoms with Crippen LogP contribution in [0.4, 0.5) is 5.69 Å². The molecule has 0 bridgehead atoms. The lowest BCUT2D eigenvalue weighted by Crippen LogP contribution is -2.39. The maximum Gasteiger partial charge on any atom is 0.326 e. The van der Waals surface area contributed by atoms with Crippen molar-refractivity contribution in [3.8, 4) is 11.5 Å². The van der Waals surface area contributed by atoms with Gasteiger partial charge in [0, 0.05) is 14.5 Å². The van der Waals surface area contributed by atoms with E-state index in [0.29, 0.717) is 37.4 Å². The van der Waals surface area contributed by atoms with Gasteiger partial charge in [-0.15, -0.1) is 0 Å². The Morgan fingerprint density at radius 2 is 1.74 bits per heavy atom. The summed E-state index contributed by atoms with van der Waals surface area (Å²) in [6.45, 7) is 0. The predicted molar refractivity (Wildman–Crippen MR) is 139 cm³/mol. The number of halogens is 1. The molecule has 2 aromatic carbocycles. The molecule has 1 aromatic heterocycles. The minimum atomic E-state index is -4.42. The fourth-order valence-corrected chi connectivity index (χ4v) is 7.53. The Morgan fingerprint density at radius 1 is 1.06 bits per heavy atom. The molecule has 0 saturated heterocycles. The van der Waals surface area contributed by atoms with Crippen molar-refractivity contribution in [3.63, 3.8) is 0 Å². The van der Waals surface area contributed by atoms with E-state index in [1.165, 1.54) is 46.8 Å². The molecule has 4 rings (SSSR count). The Hall–Kier alpha value is -1.63. The van der Waals surface area contributed by atoms with E-state index in [9.17, 15) is 25.9 Å². The first-order chi connectivity index (χ1) is 15.9. The van der Waals surface area contributed by atoms with Crippen molar-refractivity contribution in [2.24, 2.45) is 0 Å². The lowest BCUT2D eigenvalue weighted by atomic mass is 10.3. The van der Waals surface area contributed by atoms with Crippen LogP contribution in [0.3, 0.4) is 0 Å². The van der Waals surface area contributed by atoms with Crippen LogP contribution in [-0.2, 0) is 26.1 Å². The van der Waals surface area contributed by atoms with Gasteiger partial charge >= 0.3 is 10.1 Å². The van der Waals surface area contributed by atoms with Gasteiger partial charge in [-0.1, -0.05) is 23.1 Å². The van der Waals surface area contributed by atoms with Crippen molar-refractivity contribution < 1.29 is 40.0 Å². The van der Waals surface area contributed by atoms with Crippen molar-refractivity contribution in [1.29, 1.82) is 0 Å². The van der Waals surface area contributed by atoms with Crippen LogP contribution in [0.2, 0.25) is 0 Å². The highest BCUT2D eigenvalue weighted by atomic mass is 127. The quantitative estimate of drug-likeness (QED) is 0.221. The van der Waals surface area contributed by atoms with Gasteiger partial charge < -0.3 is 14.4 Å². The smallest absolute Gasteiger partial charge is 0.326 e. The molecule has 0 amide bonds. The molecule has 2 heterocycles. The van der Waals surface area contributed by atoms with E-state index >= 15 is 0 Å². The Balaban J connectivity index is 1.92. The lowest BCUT2D eigenvalue weighted by Gasteiger charge is -2.18. The molecule has 15 heteroatoms. The maximum atomic E-state index is 11.8. The molecule has 0 spiro atoms. The van der Waals surface area contributed by atoms with Gasteiger partial charge in [0.1, 0.15) is 4.70 Å². The predicted octanol–water partition coefficient (Wildman–Crippen LogP) is 3.41. The number of hydrogen-bond acceptors (Lipinski definition) is 9. The third kappa shape index (κ3) is 5.44. The molecule has 0 aliphatic carbocycles. The van der Waals surface area contributed by atoms with Crippen LogP contribution in [0.5, 0.6) is 11.5 Å². The topological polar surface area (TPSA) is 134 Å². The van der Waals surface area contributed by atoms with Crippen LogP contribution in [0.15, 0.2) is 40.3 Å². The first-order valence-electron chi connectivity index (χ1n) is 9.34. The fourth-order valence-electron chi connectivity index (χ4n) is 3.42. The molecule has 0 radical (unpaired) electrons. The molecule has 1 aliphatic rings. The van der Waals surface area contributed by atoms with Crippen LogP contribution < -0.4 is 18.9 Å². The number of fused-ring (bicyclic) bond motifs is 2. The second kappa shape index (κ2) is 9.44. The Morgan fingerprint density at radius 3 is 2.35 bits per heavy atom. The summed E-state index contributed by atoms with van der Waals surface area (Å²) in [5.74, 6) is -0.583. The fraction of sp³-hybridized carbons (Fsp3) is 0.211. The number of aromatic nitrogens is 1. The second-order valence-electron chi connectivity index (χ2n) is 7.09. The minimum Gasteiger partial charge on any atom is -0.493 e. The molecule has 10 nitrogen and oxygen atoms in total. The van der Waals surface area contributed by atoms with Gasteiger partial charge in [0.25, 0.3) is 21.0 Å². The van der Waals surface area contributed by atoms with Crippen molar-refractivity contribution in [3.05, 3.63) is 43.9 Å². The molecule has 2 N–H and O–H groups in total. The molecule has 3 aromatic rings.